The molecule has 0 atom stereocenters. The third kappa shape index (κ3) is 5.92. The summed E-state index contributed by atoms with van der Waals surface area (Å²) in [5, 5.41) is 6.84. The first kappa shape index (κ1) is 26.8. The first-order chi connectivity index (χ1) is 19.4. The van der Waals surface area contributed by atoms with Crippen LogP contribution in [-0.2, 0) is 4.79 Å². The average molecular weight is 540 g/mol. The monoisotopic (exact) mass is 539 g/mol. The van der Waals surface area contributed by atoms with Crippen LogP contribution in [-0.4, -0.2) is 66.1 Å². The Morgan fingerprint density at radius 2 is 1.82 bits per heavy atom. The molecule has 2 heterocycles. The van der Waals surface area contributed by atoms with E-state index in [1.165, 1.54) is 6.08 Å². The Bertz CT molecular complexity index is 1570. The van der Waals surface area contributed by atoms with E-state index in [1.54, 1.807) is 12.3 Å². The number of nitrogens with one attached hydrogen (secondary N) is 2. The smallest absolute Gasteiger partial charge is 0.250 e. The van der Waals surface area contributed by atoms with Crippen LogP contribution >= 0.6 is 0 Å². The molecule has 1 aliphatic rings. The van der Waals surface area contributed by atoms with Gasteiger partial charge in [-0.1, -0.05) is 36.9 Å². The molecule has 10 heteroatoms. The standard InChI is InChI=1S/C30H30FN7O2/c1-2-27(39)34-22-7-3-5-20(17-22)24-8-4-6-21-19-33-30(36-28(21)24)35-23-9-10-26(25(18-23)29(32)40)38-15-13-37(12-11-31)14-16-38/h2-10,17-19H,1,11-16H2,(H2,32,40)(H,34,39)(H,33,35,36). The number of hydrogen-bond acceptors (Lipinski definition) is 7. The van der Waals surface area contributed by atoms with Gasteiger partial charge in [-0.05, 0) is 42.0 Å². The van der Waals surface area contributed by atoms with Crippen LogP contribution in [0.15, 0.2) is 79.5 Å². The number of para-hydroxylation sites is 1. The van der Waals surface area contributed by atoms with Gasteiger partial charge in [-0.15, -0.1) is 0 Å². The maximum absolute atomic E-state index is 12.7. The molecule has 0 bridgehead atoms. The number of alkyl halides is 1. The molecule has 40 heavy (non-hydrogen) atoms. The van der Waals surface area contributed by atoms with Crippen molar-refractivity contribution in [2.75, 3.05) is 54.9 Å². The molecule has 0 spiro atoms. The SMILES string of the molecule is C=CC(=O)Nc1cccc(-c2cccc3cnc(Nc4ccc(N5CCN(CCF)CC5)c(C(N)=O)c4)nc23)c1. The van der Waals surface area contributed by atoms with Crippen LogP contribution in [0, 0.1) is 0 Å². The van der Waals surface area contributed by atoms with E-state index in [4.69, 9.17) is 10.7 Å². The Balaban J connectivity index is 1.42. The van der Waals surface area contributed by atoms with E-state index < -0.39 is 5.91 Å². The van der Waals surface area contributed by atoms with Gasteiger partial charge in [0.1, 0.15) is 6.67 Å². The maximum Gasteiger partial charge on any atom is 0.250 e. The number of rotatable bonds is 9. The number of benzene rings is 3. The summed E-state index contributed by atoms with van der Waals surface area (Å²) in [5.74, 6) is -0.460. The second-order valence-corrected chi connectivity index (χ2v) is 9.45. The fourth-order valence-corrected chi connectivity index (χ4v) is 4.85. The second-order valence-electron chi connectivity index (χ2n) is 9.45. The fourth-order valence-electron chi connectivity index (χ4n) is 4.85. The third-order valence-electron chi connectivity index (χ3n) is 6.87. The molecule has 2 amide bonds. The molecule has 0 saturated carbocycles. The lowest BCUT2D eigenvalue weighted by Gasteiger charge is -2.36. The Morgan fingerprint density at radius 1 is 1.02 bits per heavy atom. The highest BCUT2D eigenvalue weighted by atomic mass is 19.1. The number of halogens is 1. The third-order valence-corrected chi connectivity index (χ3v) is 6.87. The zero-order valence-electron chi connectivity index (χ0n) is 21.9. The summed E-state index contributed by atoms with van der Waals surface area (Å²) in [6.07, 6.45) is 2.96. The van der Waals surface area contributed by atoms with E-state index in [0.29, 0.717) is 42.5 Å². The van der Waals surface area contributed by atoms with Gasteiger partial charge in [-0.2, -0.15) is 0 Å². The number of nitrogens with zero attached hydrogens (tertiary/aromatic N) is 4. The van der Waals surface area contributed by atoms with Crippen molar-refractivity contribution in [2.24, 2.45) is 5.73 Å². The molecule has 4 aromatic rings. The Hall–Kier alpha value is -4.83. The minimum atomic E-state index is -0.532. The predicted octanol–water partition coefficient (Wildman–Crippen LogP) is 4.36. The summed E-state index contributed by atoms with van der Waals surface area (Å²) in [7, 11) is 0. The van der Waals surface area contributed by atoms with Gasteiger partial charge >= 0.3 is 0 Å². The number of fused-ring (bicyclic) bond motifs is 1. The molecule has 3 aromatic carbocycles. The molecule has 0 unspecified atom stereocenters. The molecule has 5 rings (SSSR count). The van der Waals surface area contributed by atoms with Crippen molar-refractivity contribution >= 4 is 45.7 Å². The van der Waals surface area contributed by atoms with Crippen LogP contribution in [0.1, 0.15) is 10.4 Å². The maximum atomic E-state index is 12.7. The number of hydrogen-bond donors (Lipinski definition) is 3. The van der Waals surface area contributed by atoms with Crippen LogP contribution in [0.2, 0.25) is 0 Å². The van der Waals surface area contributed by atoms with Gasteiger partial charge in [-0.25, -0.2) is 14.4 Å². The topological polar surface area (TPSA) is 116 Å². The lowest BCUT2D eigenvalue weighted by atomic mass is 10.0. The van der Waals surface area contributed by atoms with E-state index in [-0.39, 0.29) is 12.6 Å². The molecule has 1 aromatic heterocycles. The van der Waals surface area contributed by atoms with Crippen molar-refractivity contribution in [3.8, 4) is 11.1 Å². The molecular weight excluding hydrogens is 509 g/mol. The summed E-state index contributed by atoms with van der Waals surface area (Å²) in [4.78, 5) is 37.5. The van der Waals surface area contributed by atoms with E-state index in [1.807, 2.05) is 54.6 Å². The molecule has 9 nitrogen and oxygen atoms in total. The van der Waals surface area contributed by atoms with Crippen molar-refractivity contribution in [2.45, 2.75) is 0 Å². The predicted molar refractivity (Wildman–Crippen MR) is 157 cm³/mol. The largest absolute Gasteiger partial charge is 0.368 e. The zero-order valence-corrected chi connectivity index (χ0v) is 21.9. The number of nitrogens with two attached hydrogens (primary N) is 1. The quantitative estimate of drug-likeness (QED) is 0.271. The summed E-state index contributed by atoms with van der Waals surface area (Å²) >= 11 is 0. The lowest BCUT2D eigenvalue weighted by Crippen LogP contribution is -2.47. The van der Waals surface area contributed by atoms with Crippen LogP contribution < -0.4 is 21.3 Å². The number of carbonyl (C=O) groups is 2. The Morgan fingerprint density at radius 3 is 2.58 bits per heavy atom. The average Bonchev–Trinajstić information content (AvgIpc) is 2.97. The Labute approximate surface area is 231 Å². The second kappa shape index (κ2) is 11.9. The van der Waals surface area contributed by atoms with Crippen molar-refractivity contribution in [3.63, 3.8) is 0 Å². The Kier molecular flexibility index (Phi) is 7.97. The molecule has 1 saturated heterocycles. The number of aromatic nitrogens is 2. The van der Waals surface area contributed by atoms with Crippen LogP contribution in [0.25, 0.3) is 22.0 Å². The van der Waals surface area contributed by atoms with Gasteiger partial charge in [0.15, 0.2) is 0 Å². The zero-order chi connectivity index (χ0) is 28.1. The van der Waals surface area contributed by atoms with Crippen molar-refractivity contribution < 1.29 is 14.0 Å². The number of amides is 2. The fraction of sp³-hybridized carbons (Fsp3) is 0.200. The number of carbonyl (C=O) groups excluding carboxylic acids is 2. The first-order valence-electron chi connectivity index (χ1n) is 13.0. The molecule has 0 aliphatic carbocycles. The van der Waals surface area contributed by atoms with Gasteiger partial charge in [0, 0.05) is 66.9 Å². The minimum Gasteiger partial charge on any atom is -0.368 e. The highest BCUT2D eigenvalue weighted by molar-refractivity contribution is 6.01. The van der Waals surface area contributed by atoms with E-state index in [2.05, 4.69) is 32.0 Å². The summed E-state index contributed by atoms with van der Waals surface area (Å²) in [5.41, 5.74) is 10.6. The highest BCUT2D eigenvalue weighted by Crippen LogP contribution is 2.31. The molecule has 204 valence electrons. The van der Waals surface area contributed by atoms with E-state index >= 15 is 0 Å². The van der Waals surface area contributed by atoms with Crippen molar-refractivity contribution in [1.82, 2.24) is 14.9 Å². The van der Waals surface area contributed by atoms with Crippen molar-refractivity contribution in [3.05, 3.63) is 85.1 Å². The summed E-state index contributed by atoms with van der Waals surface area (Å²) in [6, 6.07) is 18.7. The van der Waals surface area contributed by atoms with Crippen molar-refractivity contribution in [1.29, 1.82) is 0 Å². The van der Waals surface area contributed by atoms with Crippen LogP contribution in [0.3, 0.4) is 0 Å². The number of anilines is 4. The van der Waals surface area contributed by atoms with Gasteiger partial charge in [-0.3, -0.25) is 14.5 Å². The molecule has 1 fully saturated rings. The molecule has 0 radical (unpaired) electrons. The molecular formula is C30H30FN7O2. The van der Waals surface area contributed by atoms with E-state index in [0.717, 1.165) is 40.8 Å². The summed E-state index contributed by atoms with van der Waals surface area (Å²) in [6.45, 7) is 6.36. The number of primary amides is 1. The van der Waals surface area contributed by atoms with Gasteiger partial charge in [0.05, 0.1) is 11.1 Å². The van der Waals surface area contributed by atoms with Gasteiger partial charge < -0.3 is 21.3 Å². The van der Waals surface area contributed by atoms with Gasteiger partial charge in [0.25, 0.3) is 5.91 Å². The van der Waals surface area contributed by atoms with Crippen LogP contribution in [0.5, 0.6) is 0 Å². The van der Waals surface area contributed by atoms with Crippen LogP contribution in [0.4, 0.5) is 27.4 Å². The minimum absolute atomic E-state index is 0.288. The molecule has 4 N–H and O–H groups in total. The van der Waals surface area contributed by atoms with E-state index in [9.17, 15) is 14.0 Å². The first-order valence-corrected chi connectivity index (χ1v) is 13.0. The highest BCUT2D eigenvalue weighted by Gasteiger charge is 2.21. The lowest BCUT2D eigenvalue weighted by molar-refractivity contribution is -0.111. The number of piperazine rings is 1. The normalized spacial score (nSPS) is 13.7. The summed E-state index contributed by atoms with van der Waals surface area (Å²) < 4.78 is 12.7. The van der Waals surface area contributed by atoms with Gasteiger partial charge in [0.2, 0.25) is 11.9 Å². The molecule has 1 aliphatic heterocycles.